The predicted molar refractivity (Wildman–Crippen MR) is 75.8 cm³/mol. The second-order valence-electron chi connectivity index (χ2n) is 4.65. The Bertz CT molecular complexity index is 445. The quantitative estimate of drug-likeness (QED) is 0.840. The van der Waals surface area contributed by atoms with E-state index in [1.807, 2.05) is 6.92 Å². The van der Waals surface area contributed by atoms with E-state index in [4.69, 9.17) is 0 Å². The van der Waals surface area contributed by atoms with Gasteiger partial charge in [-0.05, 0) is 35.2 Å². The molecule has 18 heavy (non-hydrogen) atoms. The van der Waals surface area contributed by atoms with Gasteiger partial charge in [-0.2, -0.15) is 5.10 Å². The Morgan fingerprint density at radius 2 is 2.22 bits per heavy atom. The topological polar surface area (TPSA) is 67.2 Å². The largest absolute Gasteiger partial charge is 0.394 e. The van der Waals surface area contributed by atoms with Crippen LogP contribution < -0.4 is 10.9 Å². The van der Waals surface area contributed by atoms with Crippen LogP contribution in [0.1, 0.15) is 27.2 Å². The summed E-state index contributed by atoms with van der Waals surface area (Å²) >= 11 is 3.28. The Labute approximate surface area is 115 Å². The Kier molecular flexibility index (Phi) is 5.81. The number of aliphatic hydroxyl groups excluding tert-OH is 1. The molecular formula is C12H20BrN3O2. The molecule has 6 heteroatoms. The number of rotatable bonds is 6. The third-order valence-electron chi connectivity index (χ3n) is 2.62. The van der Waals surface area contributed by atoms with Crippen molar-refractivity contribution < 1.29 is 5.11 Å². The highest BCUT2D eigenvalue weighted by Gasteiger charge is 2.14. The molecule has 2 N–H and O–H groups in total. The fourth-order valence-electron chi connectivity index (χ4n) is 1.76. The van der Waals surface area contributed by atoms with Crippen LogP contribution in [0.15, 0.2) is 15.5 Å². The number of aliphatic hydroxyl groups is 1. The van der Waals surface area contributed by atoms with Gasteiger partial charge in [-0.25, -0.2) is 4.68 Å². The van der Waals surface area contributed by atoms with E-state index in [-0.39, 0.29) is 18.2 Å². The SMILES string of the molecule is CCn1ncc(NC(CO)CC(C)C)c(Br)c1=O. The fourth-order valence-corrected chi connectivity index (χ4v) is 2.18. The lowest BCUT2D eigenvalue weighted by Gasteiger charge is -2.20. The molecule has 1 aromatic heterocycles. The zero-order valence-corrected chi connectivity index (χ0v) is 12.6. The Morgan fingerprint density at radius 1 is 1.56 bits per heavy atom. The zero-order valence-electron chi connectivity index (χ0n) is 11.0. The van der Waals surface area contributed by atoms with Crippen molar-refractivity contribution in [2.24, 2.45) is 5.92 Å². The molecule has 0 aromatic carbocycles. The molecule has 0 radical (unpaired) electrons. The molecule has 0 aliphatic heterocycles. The summed E-state index contributed by atoms with van der Waals surface area (Å²) in [7, 11) is 0. The second kappa shape index (κ2) is 6.89. The number of anilines is 1. The number of nitrogens with zero attached hydrogens (tertiary/aromatic N) is 2. The minimum Gasteiger partial charge on any atom is -0.394 e. The molecule has 1 rings (SSSR count). The molecule has 1 aromatic rings. The van der Waals surface area contributed by atoms with E-state index in [9.17, 15) is 9.90 Å². The Morgan fingerprint density at radius 3 is 2.72 bits per heavy atom. The van der Waals surface area contributed by atoms with Gasteiger partial charge in [0.1, 0.15) is 4.47 Å². The van der Waals surface area contributed by atoms with E-state index >= 15 is 0 Å². The molecule has 5 nitrogen and oxygen atoms in total. The van der Waals surface area contributed by atoms with Crippen LogP contribution in [0.4, 0.5) is 5.69 Å². The highest BCUT2D eigenvalue weighted by atomic mass is 79.9. The summed E-state index contributed by atoms with van der Waals surface area (Å²) in [4.78, 5) is 11.9. The third kappa shape index (κ3) is 3.81. The third-order valence-corrected chi connectivity index (χ3v) is 3.39. The molecule has 1 heterocycles. The van der Waals surface area contributed by atoms with Gasteiger partial charge in [-0.3, -0.25) is 4.79 Å². The summed E-state index contributed by atoms with van der Waals surface area (Å²) in [5.41, 5.74) is 0.466. The smallest absolute Gasteiger partial charge is 0.283 e. The molecule has 0 aliphatic rings. The van der Waals surface area contributed by atoms with E-state index in [1.165, 1.54) is 4.68 Å². The molecule has 0 aliphatic carbocycles. The van der Waals surface area contributed by atoms with E-state index in [2.05, 4.69) is 40.2 Å². The highest BCUT2D eigenvalue weighted by Crippen LogP contribution is 2.19. The molecule has 0 amide bonds. The summed E-state index contributed by atoms with van der Waals surface area (Å²) in [6.45, 7) is 6.61. The van der Waals surface area contributed by atoms with Crippen molar-refractivity contribution in [1.29, 1.82) is 0 Å². The van der Waals surface area contributed by atoms with Crippen LogP contribution in [0.25, 0.3) is 0 Å². The molecule has 0 spiro atoms. The molecule has 0 bridgehead atoms. The number of nitrogens with one attached hydrogen (secondary N) is 1. The van der Waals surface area contributed by atoms with Gasteiger partial charge in [0.2, 0.25) is 0 Å². The summed E-state index contributed by atoms with van der Waals surface area (Å²) < 4.78 is 1.84. The van der Waals surface area contributed by atoms with Gasteiger partial charge in [0.15, 0.2) is 0 Å². The van der Waals surface area contributed by atoms with Crippen molar-refractivity contribution in [2.45, 2.75) is 39.8 Å². The van der Waals surface area contributed by atoms with Crippen LogP contribution >= 0.6 is 15.9 Å². The average molecular weight is 318 g/mol. The predicted octanol–water partition coefficient (Wildman–Crippen LogP) is 1.84. The fraction of sp³-hybridized carbons (Fsp3) is 0.667. The minimum absolute atomic E-state index is 0.0292. The van der Waals surface area contributed by atoms with Crippen LogP contribution in [0.3, 0.4) is 0 Å². The van der Waals surface area contributed by atoms with Crippen molar-refractivity contribution >= 4 is 21.6 Å². The summed E-state index contributed by atoms with van der Waals surface area (Å²) in [6, 6.07) is -0.0695. The first-order valence-electron chi connectivity index (χ1n) is 6.12. The van der Waals surface area contributed by atoms with Crippen molar-refractivity contribution in [1.82, 2.24) is 9.78 Å². The molecule has 0 saturated heterocycles. The molecule has 1 unspecified atom stereocenters. The maximum Gasteiger partial charge on any atom is 0.283 e. The summed E-state index contributed by atoms with van der Waals surface area (Å²) in [5, 5.41) is 16.5. The zero-order chi connectivity index (χ0) is 13.7. The molecule has 0 fully saturated rings. The molecule has 1 atom stereocenters. The number of halogens is 1. The van der Waals surface area contributed by atoms with Crippen molar-refractivity contribution in [3.63, 3.8) is 0 Å². The number of aromatic nitrogens is 2. The van der Waals surface area contributed by atoms with Gasteiger partial charge in [-0.1, -0.05) is 13.8 Å². The van der Waals surface area contributed by atoms with Gasteiger partial charge in [0.25, 0.3) is 5.56 Å². The van der Waals surface area contributed by atoms with E-state index in [0.29, 0.717) is 22.6 Å². The van der Waals surface area contributed by atoms with Gasteiger partial charge in [-0.15, -0.1) is 0 Å². The Balaban J connectivity index is 2.90. The van der Waals surface area contributed by atoms with Gasteiger partial charge >= 0.3 is 0 Å². The lowest BCUT2D eigenvalue weighted by molar-refractivity contribution is 0.259. The van der Waals surface area contributed by atoms with Crippen LogP contribution in [0, 0.1) is 5.92 Å². The van der Waals surface area contributed by atoms with Crippen LogP contribution in [-0.4, -0.2) is 27.5 Å². The Hall–Kier alpha value is -0.880. The normalized spacial score (nSPS) is 12.8. The molecule has 102 valence electrons. The minimum atomic E-state index is -0.163. The number of hydrogen-bond donors (Lipinski definition) is 2. The molecular weight excluding hydrogens is 298 g/mol. The molecule has 0 saturated carbocycles. The van der Waals surface area contributed by atoms with Crippen molar-refractivity contribution in [3.8, 4) is 0 Å². The van der Waals surface area contributed by atoms with E-state index in [1.54, 1.807) is 6.20 Å². The lowest BCUT2D eigenvalue weighted by atomic mass is 10.0. The summed E-state index contributed by atoms with van der Waals surface area (Å²) in [6.07, 6.45) is 2.44. The van der Waals surface area contributed by atoms with E-state index < -0.39 is 0 Å². The van der Waals surface area contributed by atoms with E-state index in [0.717, 1.165) is 6.42 Å². The highest BCUT2D eigenvalue weighted by molar-refractivity contribution is 9.10. The van der Waals surface area contributed by atoms with Crippen LogP contribution in [-0.2, 0) is 6.54 Å². The van der Waals surface area contributed by atoms with Gasteiger partial charge in [0, 0.05) is 12.6 Å². The standard InChI is InChI=1S/C12H20BrN3O2/c1-4-16-12(18)11(13)10(6-14-16)15-9(7-17)5-8(2)3/h6,8-9,15,17H,4-5,7H2,1-3H3. The first-order valence-corrected chi connectivity index (χ1v) is 6.91. The maximum atomic E-state index is 11.9. The number of aryl methyl sites for hydroxylation is 1. The van der Waals surface area contributed by atoms with Gasteiger partial charge in [0.05, 0.1) is 18.5 Å². The van der Waals surface area contributed by atoms with Crippen LogP contribution in [0.2, 0.25) is 0 Å². The maximum absolute atomic E-state index is 11.9. The first kappa shape index (κ1) is 15.2. The summed E-state index contributed by atoms with van der Waals surface area (Å²) in [5.74, 6) is 0.470. The van der Waals surface area contributed by atoms with Crippen LogP contribution in [0.5, 0.6) is 0 Å². The second-order valence-corrected chi connectivity index (χ2v) is 5.44. The lowest BCUT2D eigenvalue weighted by Crippen LogP contribution is -2.29. The number of hydrogen-bond acceptors (Lipinski definition) is 4. The van der Waals surface area contributed by atoms with Crippen molar-refractivity contribution in [3.05, 3.63) is 21.0 Å². The monoisotopic (exact) mass is 317 g/mol. The van der Waals surface area contributed by atoms with Crippen molar-refractivity contribution in [2.75, 3.05) is 11.9 Å². The average Bonchev–Trinajstić information content (AvgIpc) is 2.33. The van der Waals surface area contributed by atoms with Gasteiger partial charge < -0.3 is 10.4 Å². The first-order chi connectivity index (χ1) is 8.49.